The van der Waals surface area contributed by atoms with E-state index in [9.17, 15) is 5.11 Å². The van der Waals surface area contributed by atoms with Gasteiger partial charge in [-0.05, 0) is 42.8 Å². The van der Waals surface area contributed by atoms with Crippen molar-refractivity contribution in [2.45, 2.75) is 13.0 Å². The number of hydrogen-bond acceptors (Lipinski definition) is 4. The van der Waals surface area contributed by atoms with Gasteiger partial charge in [-0.2, -0.15) is 0 Å². The van der Waals surface area contributed by atoms with E-state index in [0.717, 1.165) is 17.0 Å². The number of aryl methyl sites for hydroxylation is 1. The first kappa shape index (κ1) is 15.2. The van der Waals surface area contributed by atoms with Crippen molar-refractivity contribution in [3.05, 3.63) is 54.1 Å². The number of benzene rings is 2. The topological polar surface area (TPSA) is 50.7 Å². The maximum atomic E-state index is 9.95. The summed E-state index contributed by atoms with van der Waals surface area (Å²) < 4.78 is 10.6. The zero-order chi connectivity index (χ0) is 15.1. The van der Waals surface area contributed by atoms with Crippen LogP contribution < -0.4 is 14.8 Å². The summed E-state index contributed by atoms with van der Waals surface area (Å²) in [7, 11) is 1.62. The molecule has 0 amide bonds. The third-order valence-electron chi connectivity index (χ3n) is 3.18. The molecule has 0 fully saturated rings. The van der Waals surface area contributed by atoms with E-state index in [1.165, 1.54) is 0 Å². The molecule has 1 atom stereocenters. The molecule has 0 aliphatic rings. The molecule has 0 radical (unpaired) electrons. The van der Waals surface area contributed by atoms with Gasteiger partial charge in [0.2, 0.25) is 0 Å². The Labute approximate surface area is 125 Å². The van der Waals surface area contributed by atoms with Crippen molar-refractivity contribution in [1.29, 1.82) is 0 Å². The van der Waals surface area contributed by atoms with Crippen LogP contribution in [0.25, 0.3) is 0 Å². The fourth-order valence-electron chi connectivity index (χ4n) is 1.92. The van der Waals surface area contributed by atoms with Crippen molar-refractivity contribution < 1.29 is 14.6 Å². The minimum Gasteiger partial charge on any atom is -0.497 e. The molecule has 4 heteroatoms. The van der Waals surface area contributed by atoms with E-state index in [-0.39, 0.29) is 6.61 Å². The van der Waals surface area contributed by atoms with Crippen molar-refractivity contribution in [3.63, 3.8) is 0 Å². The summed E-state index contributed by atoms with van der Waals surface area (Å²) in [5, 5.41) is 13.2. The molecule has 0 aromatic heterocycles. The Morgan fingerprint density at radius 2 is 1.71 bits per heavy atom. The Balaban J connectivity index is 1.76. The zero-order valence-electron chi connectivity index (χ0n) is 12.4. The van der Waals surface area contributed by atoms with Crippen molar-refractivity contribution in [1.82, 2.24) is 0 Å². The van der Waals surface area contributed by atoms with Crippen LogP contribution in [0.1, 0.15) is 5.56 Å². The van der Waals surface area contributed by atoms with E-state index in [2.05, 4.69) is 5.32 Å². The van der Waals surface area contributed by atoms with Gasteiger partial charge in [0.15, 0.2) is 0 Å². The molecule has 0 aliphatic heterocycles. The molecule has 0 aliphatic carbocycles. The molecular formula is C17H21NO3. The maximum Gasteiger partial charge on any atom is 0.119 e. The largest absolute Gasteiger partial charge is 0.497 e. The van der Waals surface area contributed by atoms with Crippen LogP contribution in [-0.2, 0) is 0 Å². The lowest BCUT2D eigenvalue weighted by molar-refractivity contribution is 0.117. The van der Waals surface area contributed by atoms with Gasteiger partial charge in [-0.25, -0.2) is 0 Å². The van der Waals surface area contributed by atoms with Crippen LogP contribution in [0, 0.1) is 6.92 Å². The third kappa shape index (κ3) is 4.68. The van der Waals surface area contributed by atoms with E-state index in [0.29, 0.717) is 12.3 Å². The van der Waals surface area contributed by atoms with Gasteiger partial charge < -0.3 is 19.9 Å². The highest BCUT2D eigenvalue weighted by Gasteiger charge is 2.06. The maximum absolute atomic E-state index is 9.95. The molecule has 112 valence electrons. The van der Waals surface area contributed by atoms with Crippen molar-refractivity contribution >= 4 is 5.69 Å². The average Bonchev–Trinajstić information content (AvgIpc) is 2.52. The lowest BCUT2D eigenvalue weighted by atomic mass is 10.2. The quantitative estimate of drug-likeness (QED) is 0.822. The molecule has 4 nitrogen and oxygen atoms in total. The van der Waals surface area contributed by atoms with Gasteiger partial charge >= 0.3 is 0 Å². The highest BCUT2D eigenvalue weighted by atomic mass is 16.5. The van der Waals surface area contributed by atoms with E-state index in [1.54, 1.807) is 7.11 Å². The number of hydrogen-bond donors (Lipinski definition) is 2. The monoisotopic (exact) mass is 287 g/mol. The number of nitrogens with one attached hydrogen (secondary N) is 1. The highest BCUT2D eigenvalue weighted by molar-refractivity contribution is 5.50. The number of aliphatic hydroxyl groups is 1. The van der Waals surface area contributed by atoms with Gasteiger partial charge in [-0.3, -0.25) is 0 Å². The van der Waals surface area contributed by atoms with Gasteiger partial charge in [0.1, 0.15) is 24.2 Å². The molecular weight excluding hydrogens is 266 g/mol. The Morgan fingerprint density at radius 1 is 1.05 bits per heavy atom. The van der Waals surface area contributed by atoms with E-state index < -0.39 is 6.10 Å². The summed E-state index contributed by atoms with van der Waals surface area (Å²) in [6.45, 7) is 2.72. The Bertz CT molecular complexity index is 554. The van der Waals surface area contributed by atoms with Crippen LogP contribution in [0.4, 0.5) is 5.69 Å². The Hall–Kier alpha value is -2.20. The summed E-state index contributed by atoms with van der Waals surface area (Å²) in [5.41, 5.74) is 2.18. The molecule has 21 heavy (non-hydrogen) atoms. The molecule has 2 rings (SSSR count). The Morgan fingerprint density at radius 3 is 2.38 bits per heavy atom. The third-order valence-corrected chi connectivity index (χ3v) is 3.18. The van der Waals surface area contributed by atoms with Crippen molar-refractivity contribution in [2.75, 3.05) is 25.6 Å². The van der Waals surface area contributed by atoms with Crippen LogP contribution in [0.3, 0.4) is 0 Å². The van der Waals surface area contributed by atoms with E-state index in [1.807, 2.05) is 55.5 Å². The fourth-order valence-corrected chi connectivity index (χ4v) is 1.92. The van der Waals surface area contributed by atoms with Gasteiger partial charge in [-0.1, -0.05) is 18.2 Å². The molecule has 2 aromatic carbocycles. The molecule has 2 aromatic rings. The minimum absolute atomic E-state index is 0.241. The van der Waals surface area contributed by atoms with Gasteiger partial charge in [-0.15, -0.1) is 0 Å². The number of aliphatic hydroxyl groups excluding tert-OH is 1. The zero-order valence-corrected chi connectivity index (χ0v) is 12.4. The second-order valence-electron chi connectivity index (χ2n) is 4.84. The predicted molar refractivity (Wildman–Crippen MR) is 84.2 cm³/mol. The predicted octanol–water partition coefficient (Wildman–Crippen LogP) is 2.86. The fraction of sp³-hybridized carbons (Fsp3) is 0.294. The Kier molecular flexibility index (Phi) is 5.46. The lowest BCUT2D eigenvalue weighted by Crippen LogP contribution is -2.26. The lowest BCUT2D eigenvalue weighted by Gasteiger charge is -2.15. The minimum atomic E-state index is -0.577. The normalized spacial score (nSPS) is 11.8. The second kappa shape index (κ2) is 7.55. The summed E-state index contributed by atoms with van der Waals surface area (Å²) in [6, 6.07) is 15.3. The summed E-state index contributed by atoms with van der Waals surface area (Å²) >= 11 is 0. The van der Waals surface area contributed by atoms with Crippen LogP contribution in [0.15, 0.2) is 48.5 Å². The SMILES string of the molecule is COc1ccc(OCC(O)CNc2ccccc2C)cc1. The van der Waals surface area contributed by atoms with Gasteiger partial charge in [0, 0.05) is 12.2 Å². The number of para-hydroxylation sites is 1. The number of rotatable bonds is 7. The standard InChI is InChI=1S/C17H21NO3/c1-13-5-3-4-6-17(13)18-11-14(19)12-21-16-9-7-15(20-2)8-10-16/h3-10,14,18-19H,11-12H2,1-2H3. The first-order valence-corrected chi connectivity index (χ1v) is 6.93. The highest BCUT2D eigenvalue weighted by Crippen LogP contribution is 2.17. The molecule has 0 spiro atoms. The van der Waals surface area contributed by atoms with Crippen molar-refractivity contribution in [3.8, 4) is 11.5 Å². The van der Waals surface area contributed by atoms with Crippen LogP contribution in [0.5, 0.6) is 11.5 Å². The average molecular weight is 287 g/mol. The number of methoxy groups -OCH3 is 1. The van der Waals surface area contributed by atoms with E-state index in [4.69, 9.17) is 9.47 Å². The van der Waals surface area contributed by atoms with Crippen molar-refractivity contribution in [2.24, 2.45) is 0 Å². The van der Waals surface area contributed by atoms with Crippen LogP contribution >= 0.6 is 0 Å². The van der Waals surface area contributed by atoms with E-state index >= 15 is 0 Å². The second-order valence-corrected chi connectivity index (χ2v) is 4.84. The molecule has 2 N–H and O–H groups in total. The molecule has 0 heterocycles. The first-order chi connectivity index (χ1) is 10.2. The first-order valence-electron chi connectivity index (χ1n) is 6.93. The summed E-state index contributed by atoms with van der Waals surface area (Å²) in [5.74, 6) is 1.50. The molecule has 0 bridgehead atoms. The van der Waals surface area contributed by atoms with Gasteiger partial charge in [0.05, 0.1) is 7.11 Å². The summed E-state index contributed by atoms with van der Waals surface area (Å²) in [6.07, 6.45) is -0.577. The summed E-state index contributed by atoms with van der Waals surface area (Å²) in [4.78, 5) is 0. The number of anilines is 1. The van der Waals surface area contributed by atoms with Crippen LogP contribution in [-0.4, -0.2) is 31.5 Å². The molecule has 1 unspecified atom stereocenters. The molecule has 0 saturated carbocycles. The van der Waals surface area contributed by atoms with Gasteiger partial charge in [0.25, 0.3) is 0 Å². The smallest absolute Gasteiger partial charge is 0.119 e. The van der Waals surface area contributed by atoms with Crippen LogP contribution in [0.2, 0.25) is 0 Å². The number of ether oxygens (including phenoxy) is 2. The molecule has 0 saturated heterocycles.